The van der Waals surface area contributed by atoms with Gasteiger partial charge in [0.2, 0.25) is 11.8 Å². The minimum atomic E-state index is -1.08. The molecule has 384 valence electrons. The Bertz CT molecular complexity index is 2030. The second-order valence-corrected chi connectivity index (χ2v) is 17.7. The summed E-state index contributed by atoms with van der Waals surface area (Å²) < 4.78 is 10.1. The van der Waals surface area contributed by atoms with Gasteiger partial charge in [-0.3, -0.25) is 19.2 Å². The normalized spacial score (nSPS) is 14.5. The molecule has 0 aromatic heterocycles. The number of rotatable bonds is 30. The smallest absolute Gasteiger partial charge is 0.305 e. The molecule has 0 heterocycles. The van der Waals surface area contributed by atoms with Crippen molar-refractivity contribution in [3.63, 3.8) is 0 Å². The molecule has 0 aliphatic carbocycles. The van der Waals surface area contributed by atoms with Crippen LogP contribution in [0.25, 0.3) is 0 Å². The number of hydrogen-bond acceptors (Lipinski definition) is 12. The molecule has 0 radical (unpaired) electrons. The molecular weight excluding hydrogens is 897 g/mol. The Balaban J connectivity index is 0.000000370. The Hall–Kier alpha value is -6.20. The second kappa shape index (κ2) is 31.1. The summed E-state index contributed by atoms with van der Waals surface area (Å²) >= 11 is 0. The van der Waals surface area contributed by atoms with Crippen molar-refractivity contribution in [2.75, 3.05) is 27.3 Å². The summed E-state index contributed by atoms with van der Waals surface area (Å²) in [7, 11) is 2.97. The number of benzene rings is 4. The Labute approximate surface area is 412 Å². The van der Waals surface area contributed by atoms with E-state index in [-0.39, 0.29) is 36.2 Å². The van der Waals surface area contributed by atoms with E-state index < -0.39 is 60.1 Å². The number of hydrogen-bond donors (Lipinski definition) is 10. The van der Waals surface area contributed by atoms with Gasteiger partial charge in [0.1, 0.15) is 0 Å². The van der Waals surface area contributed by atoms with Crippen molar-refractivity contribution in [1.29, 1.82) is 0 Å². The number of carbonyl (C=O) groups excluding carboxylic acids is 2. The lowest BCUT2D eigenvalue weighted by Crippen LogP contribution is -2.51. The quantitative estimate of drug-likeness (QED) is 0.0253. The van der Waals surface area contributed by atoms with E-state index in [2.05, 4.69) is 35.1 Å². The average Bonchev–Trinajstić information content (AvgIpc) is 3.34. The third-order valence-corrected chi connectivity index (χ3v) is 12.4. The standard InChI is InChI=1S/2C27H38N2O6/c2*1-4-20(21-10-6-5-7-11-21)16-23(30)18(2)29-27(34)22(17-26(32)33)28-14-8-9-19-12-13-25(35-3)24(31)15-19/h2*5-7,10-13,15,18,20,22-23,28,30-31H,4,8-9,14,16-17H2,1-3H3,(H,29,34)(H,32,33)/t18-,20+,22-,23+;18-,20+,22-,23-/m00/s1. The minimum absolute atomic E-state index is 0.0613. The number of phenols is 2. The van der Waals surface area contributed by atoms with Gasteiger partial charge in [-0.05, 0) is 137 Å². The maximum absolute atomic E-state index is 12.8. The lowest BCUT2D eigenvalue weighted by Gasteiger charge is -2.26. The fourth-order valence-corrected chi connectivity index (χ4v) is 8.15. The number of carbonyl (C=O) groups is 4. The first-order chi connectivity index (χ1) is 33.5. The van der Waals surface area contributed by atoms with Gasteiger partial charge in [0, 0.05) is 0 Å². The number of aliphatic hydroxyl groups excluding tert-OH is 2. The summed E-state index contributed by atoms with van der Waals surface area (Å²) in [6.45, 7) is 8.42. The van der Waals surface area contributed by atoms with Crippen molar-refractivity contribution in [3.8, 4) is 23.0 Å². The number of amides is 2. The topological polar surface area (TPSA) is 256 Å². The molecule has 0 aliphatic rings. The maximum atomic E-state index is 12.8. The van der Waals surface area contributed by atoms with Crippen LogP contribution in [0.2, 0.25) is 0 Å². The third-order valence-electron chi connectivity index (χ3n) is 12.4. The zero-order valence-electron chi connectivity index (χ0n) is 41.5. The predicted octanol–water partition coefficient (Wildman–Crippen LogP) is 6.43. The van der Waals surface area contributed by atoms with Crippen LogP contribution in [0.5, 0.6) is 23.0 Å². The molecule has 8 atom stereocenters. The molecular formula is C54H76N4O12. The minimum Gasteiger partial charge on any atom is -0.504 e. The number of nitrogens with one attached hydrogen (secondary N) is 4. The number of carboxylic acids is 2. The molecule has 0 bridgehead atoms. The summed E-state index contributed by atoms with van der Waals surface area (Å²) in [6.07, 6.45) is 3.01. The van der Waals surface area contributed by atoms with E-state index in [1.165, 1.54) is 14.2 Å². The molecule has 4 rings (SSSR count). The zero-order chi connectivity index (χ0) is 51.6. The first-order valence-electron chi connectivity index (χ1n) is 24.2. The monoisotopic (exact) mass is 973 g/mol. The van der Waals surface area contributed by atoms with E-state index in [1.807, 2.05) is 72.8 Å². The lowest BCUT2D eigenvalue weighted by atomic mass is 9.89. The lowest BCUT2D eigenvalue weighted by molar-refractivity contribution is -0.140. The third kappa shape index (κ3) is 20.4. The molecule has 0 saturated carbocycles. The van der Waals surface area contributed by atoms with Crippen LogP contribution >= 0.6 is 0 Å². The molecule has 0 spiro atoms. The van der Waals surface area contributed by atoms with Gasteiger partial charge < -0.3 is 61.4 Å². The van der Waals surface area contributed by atoms with Gasteiger partial charge in [-0.2, -0.15) is 0 Å². The summed E-state index contributed by atoms with van der Waals surface area (Å²) in [5.74, 6) is -1.82. The number of aliphatic hydroxyl groups is 2. The van der Waals surface area contributed by atoms with Crippen LogP contribution in [-0.4, -0.2) is 118 Å². The van der Waals surface area contributed by atoms with Crippen LogP contribution in [0.4, 0.5) is 0 Å². The molecule has 16 heteroatoms. The van der Waals surface area contributed by atoms with Gasteiger partial charge in [-0.15, -0.1) is 0 Å². The molecule has 4 aromatic carbocycles. The van der Waals surface area contributed by atoms with Crippen molar-refractivity contribution >= 4 is 23.8 Å². The fraction of sp³-hybridized carbons (Fsp3) is 0.481. The molecule has 0 aliphatic heterocycles. The number of phenolic OH excluding ortho intramolecular Hbond substituents is 2. The molecule has 2 amide bonds. The first-order valence-corrected chi connectivity index (χ1v) is 24.2. The fourth-order valence-electron chi connectivity index (χ4n) is 8.15. The van der Waals surface area contributed by atoms with E-state index in [9.17, 15) is 49.8 Å². The number of ether oxygens (including phenoxy) is 2. The van der Waals surface area contributed by atoms with Crippen LogP contribution in [0, 0.1) is 0 Å². The Morgan fingerprint density at radius 1 is 0.557 bits per heavy atom. The van der Waals surface area contributed by atoms with E-state index in [1.54, 1.807) is 38.1 Å². The average molecular weight is 973 g/mol. The number of carboxylic acid groups (broad SMARTS) is 2. The van der Waals surface area contributed by atoms with Gasteiger partial charge in [0.05, 0.1) is 63.4 Å². The SMILES string of the molecule is CC[C@H](C[C@@H](O)[C@H](C)NC(=O)[C@H](CC(=O)O)NCCCc1ccc(OC)c(O)c1)c1ccccc1.CC[C@H](C[C@H](O)[C@H](C)NC(=O)[C@H](CC(=O)O)NCCCc1ccc(OC)c(O)c1)c1ccccc1. The Morgan fingerprint density at radius 2 is 0.914 bits per heavy atom. The molecule has 70 heavy (non-hydrogen) atoms. The second-order valence-electron chi connectivity index (χ2n) is 17.7. The van der Waals surface area contributed by atoms with Gasteiger partial charge in [0.25, 0.3) is 0 Å². The number of aryl methyl sites for hydroxylation is 2. The van der Waals surface area contributed by atoms with E-state index in [0.29, 0.717) is 63.1 Å². The highest BCUT2D eigenvalue weighted by Gasteiger charge is 2.28. The number of methoxy groups -OCH3 is 2. The molecule has 16 nitrogen and oxygen atoms in total. The van der Waals surface area contributed by atoms with Crippen molar-refractivity contribution in [3.05, 3.63) is 119 Å². The van der Waals surface area contributed by atoms with E-state index >= 15 is 0 Å². The van der Waals surface area contributed by atoms with Crippen molar-refractivity contribution in [2.45, 2.75) is 140 Å². The van der Waals surface area contributed by atoms with Gasteiger partial charge in [-0.25, -0.2) is 0 Å². The summed E-state index contributed by atoms with van der Waals surface area (Å²) in [5.41, 5.74) is 4.10. The molecule has 4 aromatic rings. The van der Waals surface area contributed by atoms with Gasteiger partial charge >= 0.3 is 11.9 Å². The summed E-state index contributed by atoms with van der Waals surface area (Å²) in [4.78, 5) is 48.2. The van der Waals surface area contributed by atoms with Gasteiger partial charge in [0.15, 0.2) is 23.0 Å². The van der Waals surface area contributed by atoms with Crippen LogP contribution in [0.3, 0.4) is 0 Å². The van der Waals surface area contributed by atoms with Crippen LogP contribution in [0.15, 0.2) is 97.1 Å². The largest absolute Gasteiger partial charge is 0.504 e. The van der Waals surface area contributed by atoms with Crippen LogP contribution in [-0.2, 0) is 32.0 Å². The van der Waals surface area contributed by atoms with Crippen molar-refractivity contribution in [2.24, 2.45) is 0 Å². The van der Waals surface area contributed by atoms with E-state index in [0.717, 1.165) is 35.1 Å². The van der Waals surface area contributed by atoms with Crippen LogP contribution < -0.4 is 30.7 Å². The summed E-state index contributed by atoms with van der Waals surface area (Å²) in [6, 6.07) is 27.3. The summed E-state index contributed by atoms with van der Waals surface area (Å²) in [5, 5.41) is 71.3. The highest BCUT2D eigenvalue weighted by molar-refractivity contribution is 5.87. The highest BCUT2D eigenvalue weighted by Crippen LogP contribution is 2.29. The Morgan fingerprint density at radius 3 is 1.21 bits per heavy atom. The molecule has 0 fully saturated rings. The first kappa shape index (κ1) is 58.1. The predicted molar refractivity (Wildman–Crippen MR) is 269 cm³/mol. The molecule has 10 N–H and O–H groups in total. The molecule has 0 unspecified atom stereocenters. The molecule has 0 saturated heterocycles. The number of aliphatic carboxylic acids is 2. The number of aromatic hydroxyl groups is 2. The highest BCUT2D eigenvalue weighted by atomic mass is 16.5. The van der Waals surface area contributed by atoms with E-state index in [4.69, 9.17) is 9.47 Å². The zero-order valence-corrected chi connectivity index (χ0v) is 41.5. The van der Waals surface area contributed by atoms with Crippen molar-refractivity contribution < 1.29 is 59.3 Å². The van der Waals surface area contributed by atoms with Gasteiger partial charge in [-0.1, -0.05) is 86.6 Å². The van der Waals surface area contributed by atoms with Crippen molar-refractivity contribution in [1.82, 2.24) is 21.3 Å². The van der Waals surface area contributed by atoms with Crippen LogP contribution in [0.1, 0.15) is 113 Å². The Kier molecular flexibility index (Phi) is 25.8. The maximum Gasteiger partial charge on any atom is 0.305 e.